The highest BCUT2D eigenvalue weighted by molar-refractivity contribution is 5.76. The summed E-state index contributed by atoms with van der Waals surface area (Å²) in [7, 11) is 0. The molecule has 106 valence electrons. The number of hydrogen-bond donors (Lipinski definition) is 3. The van der Waals surface area contributed by atoms with Gasteiger partial charge < -0.3 is 15.7 Å². The van der Waals surface area contributed by atoms with Gasteiger partial charge in [0.2, 0.25) is 5.91 Å². The van der Waals surface area contributed by atoms with Gasteiger partial charge in [0.15, 0.2) is 0 Å². The number of aliphatic hydroxyl groups excluding tert-OH is 1. The van der Waals surface area contributed by atoms with Crippen molar-refractivity contribution in [3.05, 3.63) is 35.4 Å². The van der Waals surface area contributed by atoms with E-state index in [-0.39, 0.29) is 18.1 Å². The summed E-state index contributed by atoms with van der Waals surface area (Å²) < 4.78 is 0. The van der Waals surface area contributed by atoms with E-state index in [1.807, 2.05) is 45.0 Å². The van der Waals surface area contributed by atoms with Crippen LogP contribution in [-0.2, 0) is 17.9 Å². The summed E-state index contributed by atoms with van der Waals surface area (Å²) in [6.07, 6.45) is 0.478. The van der Waals surface area contributed by atoms with E-state index in [1.165, 1.54) is 0 Å². The van der Waals surface area contributed by atoms with Gasteiger partial charge in [0.05, 0.1) is 6.61 Å². The van der Waals surface area contributed by atoms with Crippen molar-refractivity contribution in [2.75, 3.05) is 6.54 Å². The number of benzene rings is 1. The third-order valence-corrected chi connectivity index (χ3v) is 2.58. The van der Waals surface area contributed by atoms with Crippen LogP contribution in [0.15, 0.2) is 24.3 Å². The van der Waals surface area contributed by atoms with Gasteiger partial charge >= 0.3 is 0 Å². The highest BCUT2D eigenvalue weighted by Gasteiger charge is 2.12. The molecule has 3 N–H and O–H groups in total. The van der Waals surface area contributed by atoms with Crippen LogP contribution in [0.25, 0.3) is 0 Å². The molecule has 0 fully saturated rings. The molecule has 0 heterocycles. The summed E-state index contributed by atoms with van der Waals surface area (Å²) in [6, 6.07) is 7.77. The van der Waals surface area contributed by atoms with Gasteiger partial charge in [-0.25, -0.2) is 0 Å². The Morgan fingerprint density at radius 3 is 2.26 bits per heavy atom. The van der Waals surface area contributed by atoms with E-state index in [9.17, 15) is 4.79 Å². The van der Waals surface area contributed by atoms with Gasteiger partial charge in [-0.1, -0.05) is 24.3 Å². The number of amides is 1. The summed E-state index contributed by atoms with van der Waals surface area (Å²) in [6.45, 7) is 7.38. The molecule has 0 aliphatic heterocycles. The molecule has 0 aliphatic carbocycles. The lowest BCUT2D eigenvalue weighted by Gasteiger charge is -2.20. The van der Waals surface area contributed by atoms with Gasteiger partial charge in [0.1, 0.15) is 0 Å². The molecule has 0 aliphatic rings. The molecule has 0 atom stereocenters. The Kier molecular flexibility index (Phi) is 5.99. The van der Waals surface area contributed by atoms with Gasteiger partial charge in [-0.3, -0.25) is 4.79 Å². The van der Waals surface area contributed by atoms with Gasteiger partial charge in [-0.05, 0) is 31.9 Å². The van der Waals surface area contributed by atoms with Crippen LogP contribution >= 0.6 is 0 Å². The molecule has 0 spiro atoms. The highest BCUT2D eigenvalue weighted by Crippen LogP contribution is 2.04. The lowest BCUT2D eigenvalue weighted by Crippen LogP contribution is -2.41. The minimum atomic E-state index is -0.169. The van der Waals surface area contributed by atoms with Crippen molar-refractivity contribution in [3.8, 4) is 0 Å². The lowest BCUT2D eigenvalue weighted by molar-refractivity contribution is -0.122. The maximum absolute atomic E-state index is 11.6. The smallest absolute Gasteiger partial charge is 0.221 e. The normalized spacial score (nSPS) is 11.4. The van der Waals surface area contributed by atoms with Crippen LogP contribution in [-0.4, -0.2) is 23.1 Å². The first-order chi connectivity index (χ1) is 8.90. The minimum absolute atomic E-state index is 0.0654. The first kappa shape index (κ1) is 15.7. The Hall–Kier alpha value is -1.39. The van der Waals surface area contributed by atoms with Gasteiger partial charge in [0, 0.05) is 25.0 Å². The first-order valence-corrected chi connectivity index (χ1v) is 6.61. The van der Waals surface area contributed by atoms with Crippen molar-refractivity contribution in [2.45, 2.75) is 45.9 Å². The maximum atomic E-state index is 11.6. The Bertz CT molecular complexity index is 394. The molecule has 0 bridgehead atoms. The Morgan fingerprint density at radius 1 is 1.16 bits per heavy atom. The maximum Gasteiger partial charge on any atom is 0.221 e. The minimum Gasteiger partial charge on any atom is -0.392 e. The monoisotopic (exact) mass is 264 g/mol. The predicted octanol–water partition coefficient (Wildman–Crippen LogP) is 1.57. The number of rotatable bonds is 6. The number of hydrogen-bond acceptors (Lipinski definition) is 3. The average Bonchev–Trinajstić information content (AvgIpc) is 2.33. The van der Waals surface area contributed by atoms with Crippen LogP contribution in [0, 0.1) is 0 Å². The third-order valence-electron chi connectivity index (χ3n) is 2.58. The Balaban J connectivity index is 2.21. The molecule has 4 nitrogen and oxygen atoms in total. The van der Waals surface area contributed by atoms with Crippen LogP contribution < -0.4 is 10.6 Å². The molecule has 0 aromatic heterocycles. The van der Waals surface area contributed by atoms with Crippen LogP contribution in [0.4, 0.5) is 0 Å². The summed E-state index contributed by atoms with van der Waals surface area (Å²) in [5.41, 5.74) is 1.89. The van der Waals surface area contributed by atoms with Crippen molar-refractivity contribution < 1.29 is 9.90 Å². The lowest BCUT2D eigenvalue weighted by atomic mass is 10.1. The molecule has 19 heavy (non-hydrogen) atoms. The number of carbonyl (C=O) groups is 1. The summed E-state index contributed by atoms with van der Waals surface area (Å²) in [5.74, 6) is 0.0654. The summed E-state index contributed by atoms with van der Waals surface area (Å²) in [4.78, 5) is 11.6. The largest absolute Gasteiger partial charge is 0.392 e. The topological polar surface area (TPSA) is 61.4 Å². The third kappa shape index (κ3) is 6.94. The molecular weight excluding hydrogens is 240 g/mol. The number of nitrogens with one attached hydrogen (secondary N) is 2. The first-order valence-electron chi connectivity index (χ1n) is 6.61. The van der Waals surface area contributed by atoms with Crippen molar-refractivity contribution in [2.24, 2.45) is 0 Å². The SMILES string of the molecule is CC(C)(C)NC(=O)CCNCc1ccc(CO)cc1. The second-order valence-corrected chi connectivity index (χ2v) is 5.70. The quantitative estimate of drug-likeness (QED) is 0.684. The molecule has 0 saturated heterocycles. The van der Waals surface area contributed by atoms with E-state index in [4.69, 9.17) is 5.11 Å². The molecular formula is C15H24N2O2. The van der Waals surface area contributed by atoms with Gasteiger partial charge in [-0.15, -0.1) is 0 Å². The molecule has 1 rings (SSSR count). The van der Waals surface area contributed by atoms with E-state index in [1.54, 1.807) is 0 Å². The van der Waals surface area contributed by atoms with Crippen molar-refractivity contribution in [1.82, 2.24) is 10.6 Å². The second-order valence-electron chi connectivity index (χ2n) is 5.70. The van der Waals surface area contributed by atoms with E-state index < -0.39 is 0 Å². The molecule has 0 radical (unpaired) electrons. The molecule has 1 aromatic carbocycles. The van der Waals surface area contributed by atoms with Crippen molar-refractivity contribution >= 4 is 5.91 Å². The standard InChI is InChI=1S/C15H24N2O2/c1-15(2,3)17-14(19)8-9-16-10-12-4-6-13(11-18)7-5-12/h4-7,16,18H,8-11H2,1-3H3,(H,17,19). The predicted molar refractivity (Wildman–Crippen MR) is 76.6 cm³/mol. The zero-order chi connectivity index (χ0) is 14.3. The molecule has 0 saturated carbocycles. The Morgan fingerprint density at radius 2 is 1.74 bits per heavy atom. The number of carbonyl (C=O) groups excluding carboxylic acids is 1. The average molecular weight is 264 g/mol. The second kappa shape index (κ2) is 7.26. The zero-order valence-electron chi connectivity index (χ0n) is 12.0. The van der Waals surface area contributed by atoms with E-state index in [0.29, 0.717) is 13.0 Å². The zero-order valence-corrected chi connectivity index (χ0v) is 12.0. The summed E-state index contributed by atoms with van der Waals surface area (Å²) >= 11 is 0. The molecule has 0 unspecified atom stereocenters. The molecule has 4 heteroatoms. The van der Waals surface area contributed by atoms with Crippen molar-refractivity contribution in [1.29, 1.82) is 0 Å². The fraction of sp³-hybridized carbons (Fsp3) is 0.533. The van der Waals surface area contributed by atoms with Gasteiger partial charge in [-0.2, -0.15) is 0 Å². The molecule has 1 aromatic rings. The van der Waals surface area contributed by atoms with Crippen LogP contribution in [0.2, 0.25) is 0 Å². The fourth-order valence-electron chi connectivity index (χ4n) is 1.68. The van der Waals surface area contributed by atoms with Gasteiger partial charge in [0.25, 0.3) is 0 Å². The highest BCUT2D eigenvalue weighted by atomic mass is 16.3. The van der Waals surface area contributed by atoms with E-state index >= 15 is 0 Å². The van der Waals surface area contributed by atoms with Crippen molar-refractivity contribution in [3.63, 3.8) is 0 Å². The number of aliphatic hydroxyl groups is 1. The fourth-order valence-corrected chi connectivity index (χ4v) is 1.68. The van der Waals surface area contributed by atoms with Crippen LogP contribution in [0.5, 0.6) is 0 Å². The van der Waals surface area contributed by atoms with Crippen LogP contribution in [0.3, 0.4) is 0 Å². The van der Waals surface area contributed by atoms with E-state index in [2.05, 4.69) is 10.6 Å². The van der Waals surface area contributed by atoms with Crippen LogP contribution in [0.1, 0.15) is 38.3 Å². The van der Waals surface area contributed by atoms with E-state index in [0.717, 1.165) is 17.7 Å². The Labute approximate surface area is 115 Å². The summed E-state index contributed by atoms with van der Waals surface area (Å²) in [5, 5.41) is 15.1. The molecule has 1 amide bonds.